The van der Waals surface area contributed by atoms with E-state index in [2.05, 4.69) is 5.32 Å². The van der Waals surface area contributed by atoms with Crippen LogP contribution in [0.4, 0.5) is 32.0 Å². The van der Waals surface area contributed by atoms with Crippen LogP contribution >= 0.6 is 0 Å². The summed E-state index contributed by atoms with van der Waals surface area (Å²) in [5, 5.41) is 2.56. The largest absolute Gasteiger partial charge is 0.476 e. The van der Waals surface area contributed by atoms with E-state index in [1.165, 1.54) is 13.8 Å². The minimum absolute atomic E-state index is 0.0412. The Morgan fingerprint density at radius 3 is 2.29 bits per heavy atom. The van der Waals surface area contributed by atoms with Crippen molar-refractivity contribution in [3.63, 3.8) is 0 Å². The molecule has 13 heteroatoms. The molecule has 212 valence electrons. The number of hydrogen-bond acceptors (Lipinski definition) is 4. The van der Waals surface area contributed by atoms with Gasteiger partial charge in [-0.05, 0) is 38.8 Å². The van der Waals surface area contributed by atoms with E-state index in [4.69, 9.17) is 4.74 Å². The number of hydrogen-bond donors (Lipinski definition) is 1. The number of amides is 3. The van der Waals surface area contributed by atoms with Crippen molar-refractivity contribution in [2.75, 3.05) is 24.5 Å². The normalized spacial score (nSPS) is 18.0. The van der Waals surface area contributed by atoms with Gasteiger partial charge in [-0.1, -0.05) is 26.2 Å². The summed E-state index contributed by atoms with van der Waals surface area (Å²) in [6, 6.07) is 0.467. The van der Waals surface area contributed by atoms with E-state index in [9.17, 15) is 40.7 Å². The third-order valence-electron chi connectivity index (χ3n) is 6.66. The Morgan fingerprint density at radius 2 is 1.74 bits per heavy atom. The lowest BCUT2D eigenvalue weighted by atomic mass is 9.92. The van der Waals surface area contributed by atoms with Crippen LogP contribution in [0.3, 0.4) is 0 Å². The molecule has 2 aliphatic rings. The van der Waals surface area contributed by atoms with Crippen LogP contribution in [-0.2, 0) is 15.8 Å². The number of nitrogens with one attached hydrogen (secondary N) is 1. The molecule has 1 aromatic carbocycles. The second kappa shape index (κ2) is 11.0. The Bertz CT molecular complexity index is 1060. The van der Waals surface area contributed by atoms with E-state index in [1.807, 2.05) is 0 Å². The maximum Gasteiger partial charge on any atom is 0.417 e. The summed E-state index contributed by atoms with van der Waals surface area (Å²) < 4.78 is 88.3. The maximum atomic E-state index is 14.1. The number of rotatable bonds is 7. The highest BCUT2D eigenvalue weighted by Gasteiger charge is 2.46. The highest BCUT2D eigenvalue weighted by atomic mass is 19.4. The number of nitrogens with zero attached hydrogens (tertiary/aromatic N) is 2. The van der Waals surface area contributed by atoms with Gasteiger partial charge < -0.3 is 19.9 Å². The monoisotopic (exact) mass is 551 g/mol. The number of benzene rings is 1. The molecule has 1 aliphatic carbocycles. The van der Waals surface area contributed by atoms with Gasteiger partial charge in [0.25, 0.3) is 11.8 Å². The van der Waals surface area contributed by atoms with Gasteiger partial charge in [-0.25, -0.2) is 0 Å². The van der Waals surface area contributed by atoms with Crippen molar-refractivity contribution in [2.45, 2.75) is 83.3 Å². The second-order valence-electron chi connectivity index (χ2n) is 9.98. The number of alkyl halides is 6. The van der Waals surface area contributed by atoms with Crippen molar-refractivity contribution in [1.82, 2.24) is 10.2 Å². The molecule has 1 N–H and O–H groups in total. The molecule has 0 aromatic heterocycles. The van der Waals surface area contributed by atoms with Crippen LogP contribution in [0.25, 0.3) is 0 Å². The maximum absolute atomic E-state index is 14.1. The van der Waals surface area contributed by atoms with E-state index >= 15 is 0 Å². The number of carbonyl (C=O) groups is 3. The molecule has 0 atom stereocenters. The fourth-order valence-corrected chi connectivity index (χ4v) is 4.79. The molecule has 0 bridgehead atoms. The highest BCUT2D eigenvalue weighted by Crippen LogP contribution is 2.44. The average Bonchev–Trinajstić information content (AvgIpc) is 2.83. The van der Waals surface area contributed by atoms with Crippen molar-refractivity contribution < 1.29 is 45.5 Å². The van der Waals surface area contributed by atoms with Gasteiger partial charge in [0.2, 0.25) is 5.91 Å². The number of anilines is 1. The molecule has 1 aliphatic heterocycles. The standard InChI is InChI=1S/C25H31F6N3O4/c1-4-20(35)32-10-11-33-18-12-16(17(25(29,30)31)13-19(18)38-23(2,3)22(33)37)21(36)34(14-24(26,27)28)15-8-6-5-7-9-15/h12-13,15H,4-11,14H2,1-3H3,(H,32,35). The Morgan fingerprint density at radius 1 is 1.11 bits per heavy atom. The fraction of sp³-hybridized carbons (Fsp3) is 0.640. The predicted molar refractivity (Wildman–Crippen MR) is 126 cm³/mol. The molecule has 3 rings (SSSR count). The summed E-state index contributed by atoms with van der Waals surface area (Å²) >= 11 is 0. The number of halogens is 6. The first-order valence-corrected chi connectivity index (χ1v) is 12.5. The third-order valence-corrected chi connectivity index (χ3v) is 6.66. The average molecular weight is 552 g/mol. The molecule has 3 amide bonds. The summed E-state index contributed by atoms with van der Waals surface area (Å²) in [7, 11) is 0. The molecule has 1 saturated carbocycles. The van der Waals surface area contributed by atoms with Gasteiger partial charge in [0.15, 0.2) is 5.60 Å². The minimum Gasteiger partial charge on any atom is -0.476 e. The third kappa shape index (κ3) is 6.71. The molecule has 0 radical (unpaired) electrons. The predicted octanol–water partition coefficient (Wildman–Crippen LogP) is 5.07. The van der Waals surface area contributed by atoms with Crippen molar-refractivity contribution in [3.05, 3.63) is 23.3 Å². The van der Waals surface area contributed by atoms with E-state index in [1.54, 1.807) is 6.92 Å². The first-order valence-electron chi connectivity index (χ1n) is 12.5. The summed E-state index contributed by atoms with van der Waals surface area (Å²) in [5.74, 6) is -2.72. The lowest BCUT2D eigenvalue weighted by molar-refractivity contribution is -0.146. The van der Waals surface area contributed by atoms with Gasteiger partial charge in [0.05, 0.1) is 16.8 Å². The molecule has 1 aromatic rings. The Hall–Kier alpha value is -2.99. The Balaban J connectivity index is 2.12. The zero-order valence-electron chi connectivity index (χ0n) is 21.4. The molecule has 0 unspecified atom stereocenters. The second-order valence-corrected chi connectivity index (χ2v) is 9.98. The zero-order valence-corrected chi connectivity index (χ0v) is 21.4. The van der Waals surface area contributed by atoms with Gasteiger partial charge in [-0.15, -0.1) is 0 Å². The Kier molecular flexibility index (Phi) is 8.57. The fourth-order valence-electron chi connectivity index (χ4n) is 4.79. The summed E-state index contributed by atoms with van der Waals surface area (Å²) in [5.41, 5.74) is -4.20. The first-order chi connectivity index (χ1) is 17.5. The molecule has 0 saturated heterocycles. The van der Waals surface area contributed by atoms with Crippen LogP contribution in [0.2, 0.25) is 0 Å². The van der Waals surface area contributed by atoms with Crippen LogP contribution in [-0.4, -0.2) is 60.1 Å². The van der Waals surface area contributed by atoms with Crippen LogP contribution in [0.15, 0.2) is 12.1 Å². The first kappa shape index (κ1) is 29.6. The zero-order chi connectivity index (χ0) is 28.5. The quantitative estimate of drug-likeness (QED) is 0.480. The molecule has 1 heterocycles. The van der Waals surface area contributed by atoms with E-state index in [0.717, 1.165) is 17.4 Å². The Labute approximate surface area is 216 Å². The van der Waals surface area contributed by atoms with Gasteiger partial charge in [0, 0.05) is 25.6 Å². The van der Waals surface area contributed by atoms with Gasteiger partial charge in [-0.2, -0.15) is 26.3 Å². The lowest BCUT2D eigenvalue weighted by Crippen LogP contribution is -2.54. The number of carbonyl (C=O) groups excluding carboxylic acids is 3. The van der Waals surface area contributed by atoms with Gasteiger partial charge >= 0.3 is 12.4 Å². The molecule has 1 fully saturated rings. The number of ether oxygens (including phenoxy) is 1. The van der Waals surface area contributed by atoms with Crippen LogP contribution < -0.4 is 15.0 Å². The van der Waals surface area contributed by atoms with Crippen LogP contribution in [0.5, 0.6) is 5.75 Å². The van der Waals surface area contributed by atoms with Crippen LogP contribution in [0.1, 0.15) is 75.2 Å². The van der Waals surface area contributed by atoms with Crippen molar-refractivity contribution in [1.29, 1.82) is 0 Å². The van der Waals surface area contributed by atoms with Crippen LogP contribution in [0, 0.1) is 0 Å². The lowest BCUT2D eigenvalue weighted by Gasteiger charge is -2.40. The van der Waals surface area contributed by atoms with Crippen molar-refractivity contribution in [3.8, 4) is 5.75 Å². The summed E-state index contributed by atoms with van der Waals surface area (Å²) in [4.78, 5) is 39.8. The van der Waals surface area contributed by atoms with E-state index in [0.29, 0.717) is 23.8 Å². The molecule has 7 nitrogen and oxygen atoms in total. The highest BCUT2D eigenvalue weighted by molar-refractivity contribution is 6.05. The molecular formula is C25H31F6N3O4. The minimum atomic E-state index is -5.09. The summed E-state index contributed by atoms with van der Waals surface area (Å²) in [6.45, 7) is 2.44. The van der Waals surface area contributed by atoms with Gasteiger partial charge in [-0.3, -0.25) is 14.4 Å². The van der Waals surface area contributed by atoms with E-state index in [-0.39, 0.29) is 49.7 Å². The topological polar surface area (TPSA) is 79.0 Å². The van der Waals surface area contributed by atoms with E-state index < -0.39 is 53.5 Å². The molecular weight excluding hydrogens is 520 g/mol. The summed E-state index contributed by atoms with van der Waals surface area (Å²) in [6.07, 6.45) is -7.40. The molecule has 0 spiro atoms. The number of fused-ring (bicyclic) bond motifs is 1. The SMILES string of the molecule is CCC(=O)NCCN1C(=O)C(C)(C)Oc2cc(C(F)(F)F)c(C(=O)N(CC(F)(F)F)C3CCCCC3)cc21. The smallest absolute Gasteiger partial charge is 0.417 e. The molecule has 38 heavy (non-hydrogen) atoms. The van der Waals surface area contributed by atoms with Crippen molar-refractivity contribution >= 4 is 23.4 Å². The van der Waals surface area contributed by atoms with Crippen molar-refractivity contribution in [2.24, 2.45) is 0 Å². The van der Waals surface area contributed by atoms with Gasteiger partial charge in [0.1, 0.15) is 12.3 Å².